The molecule has 6 nitrogen and oxygen atoms in total. The number of aliphatic hydroxyl groups is 2. The number of aliphatic hydroxyl groups excluding tert-OH is 2. The van der Waals surface area contributed by atoms with E-state index in [4.69, 9.17) is 0 Å². The van der Waals surface area contributed by atoms with E-state index < -0.39 is 21.5 Å². The fraction of sp³-hybridized carbons (Fsp3) is 0.704. The van der Waals surface area contributed by atoms with Crippen molar-refractivity contribution >= 4 is 42.8 Å². The Hall–Kier alpha value is -0.900. The van der Waals surface area contributed by atoms with Crippen molar-refractivity contribution in [3.63, 3.8) is 0 Å². The molecule has 2 atom stereocenters. The number of hydrogen-bond acceptors (Lipinski definition) is 6. The van der Waals surface area contributed by atoms with E-state index in [0.29, 0.717) is 46.8 Å². The van der Waals surface area contributed by atoms with Crippen molar-refractivity contribution in [3.05, 3.63) is 22.0 Å². The lowest BCUT2D eigenvalue weighted by molar-refractivity contribution is -0.114. The summed E-state index contributed by atoms with van der Waals surface area (Å²) in [5.74, 6) is -0.0656. The molecule has 2 aliphatic heterocycles. The molecule has 0 aliphatic carbocycles. The maximum Gasteiger partial charge on any atom is 0.160 e. The standard InChI is InChI=1S/C27H42O6S2/c1-26(2,18-28)12-6-10-24-16-20(30)14-22(34(24)32)8-5-9-23-15-21(31)17-25(35(23)33)11-7-13-27(3,4)19-29/h14,17,28-29H,5-13,15-16,18-19H2,1-4H3/q-2. The van der Waals surface area contributed by atoms with Crippen LogP contribution >= 0.6 is 21.5 Å². The molecule has 2 heterocycles. The van der Waals surface area contributed by atoms with E-state index in [1.807, 2.05) is 27.7 Å². The van der Waals surface area contributed by atoms with Gasteiger partial charge in [0.15, 0.2) is 11.6 Å². The van der Waals surface area contributed by atoms with Crippen molar-refractivity contribution in [3.8, 4) is 0 Å². The van der Waals surface area contributed by atoms with E-state index in [2.05, 4.69) is 0 Å². The highest BCUT2D eigenvalue weighted by Gasteiger charge is 2.20. The van der Waals surface area contributed by atoms with Crippen LogP contribution in [0, 0.1) is 10.8 Å². The van der Waals surface area contributed by atoms with Crippen molar-refractivity contribution < 1.29 is 28.9 Å². The van der Waals surface area contributed by atoms with Gasteiger partial charge in [-0.05, 0) is 100 Å². The van der Waals surface area contributed by atoms with Gasteiger partial charge in [-0.3, -0.25) is 9.59 Å². The molecule has 2 N–H and O–H groups in total. The van der Waals surface area contributed by atoms with E-state index >= 15 is 0 Å². The summed E-state index contributed by atoms with van der Waals surface area (Å²) < 4.78 is 26.1. The molecular weight excluding hydrogens is 484 g/mol. The van der Waals surface area contributed by atoms with Gasteiger partial charge in [-0.15, -0.1) is 0 Å². The first-order valence-corrected chi connectivity index (χ1v) is 14.9. The van der Waals surface area contributed by atoms with Crippen LogP contribution in [-0.2, 0) is 9.59 Å². The van der Waals surface area contributed by atoms with E-state index in [0.717, 1.165) is 30.5 Å². The van der Waals surface area contributed by atoms with Gasteiger partial charge in [0, 0.05) is 26.1 Å². The molecule has 0 aromatic rings. The van der Waals surface area contributed by atoms with E-state index in [1.54, 1.807) is 0 Å². The Bertz CT molecular complexity index is 902. The smallest absolute Gasteiger partial charge is 0.160 e. The van der Waals surface area contributed by atoms with Crippen LogP contribution in [0.2, 0.25) is 0 Å². The summed E-state index contributed by atoms with van der Waals surface area (Å²) in [6.07, 6.45) is 9.27. The van der Waals surface area contributed by atoms with Gasteiger partial charge in [0.05, 0.1) is 0 Å². The fourth-order valence-corrected chi connectivity index (χ4v) is 7.36. The molecule has 0 fully saturated rings. The lowest BCUT2D eigenvalue weighted by Crippen LogP contribution is -2.18. The second-order valence-corrected chi connectivity index (χ2v) is 14.6. The van der Waals surface area contributed by atoms with Crippen molar-refractivity contribution in [1.29, 1.82) is 0 Å². The molecule has 0 spiro atoms. The third kappa shape index (κ3) is 9.82. The van der Waals surface area contributed by atoms with Gasteiger partial charge in [-0.2, -0.15) is 0 Å². The average Bonchev–Trinajstić information content (AvgIpc) is 2.79. The molecule has 0 aromatic heterocycles. The Morgan fingerprint density at radius 2 is 1.09 bits per heavy atom. The van der Waals surface area contributed by atoms with Crippen LogP contribution in [0.5, 0.6) is 0 Å². The summed E-state index contributed by atoms with van der Waals surface area (Å²) in [5, 5.41) is 18.8. The highest BCUT2D eigenvalue weighted by atomic mass is 32.2. The summed E-state index contributed by atoms with van der Waals surface area (Å²) in [6.45, 7) is 8.12. The number of ketones is 2. The first-order valence-electron chi connectivity index (χ1n) is 12.6. The fourth-order valence-electron chi connectivity index (χ4n) is 4.27. The minimum absolute atomic E-state index is 0.0314. The van der Waals surface area contributed by atoms with Gasteiger partial charge in [0.1, 0.15) is 0 Å². The minimum atomic E-state index is -1.30. The lowest BCUT2D eigenvalue weighted by atomic mass is 9.88. The maximum absolute atomic E-state index is 13.0. The zero-order chi connectivity index (χ0) is 26.2. The Balaban J connectivity index is 1.96. The largest absolute Gasteiger partial charge is 0.799 e. The number of hydrogen-bond donors (Lipinski definition) is 2. The van der Waals surface area contributed by atoms with Crippen molar-refractivity contribution in [2.24, 2.45) is 10.8 Å². The molecule has 2 aliphatic rings. The molecule has 8 heteroatoms. The van der Waals surface area contributed by atoms with Crippen LogP contribution in [0.15, 0.2) is 22.0 Å². The van der Waals surface area contributed by atoms with Crippen molar-refractivity contribution in [1.82, 2.24) is 0 Å². The lowest BCUT2D eigenvalue weighted by Gasteiger charge is -2.30. The Labute approximate surface area is 215 Å². The number of allylic oxidation sites excluding steroid dienone is 4. The number of carbonyl (C=O) groups is 2. The molecule has 0 aromatic carbocycles. The number of carbonyl (C=O) groups excluding carboxylic acids is 2. The molecule has 0 saturated carbocycles. The van der Waals surface area contributed by atoms with Gasteiger partial charge < -0.3 is 19.3 Å². The van der Waals surface area contributed by atoms with Crippen LogP contribution in [0.4, 0.5) is 0 Å². The zero-order valence-electron chi connectivity index (χ0n) is 21.7. The van der Waals surface area contributed by atoms with Crippen LogP contribution in [0.25, 0.3) is 0 Å². The first kappa shape index (κ1) is 30.3. The average molecular weight is 527 g/mol. The predicted molar refractivity (Wildman–Crippen MR) is 145 cm³/mol. The van der Waals surface area contributed by atoms with Crippen molar-refractivity contribution in [2.45, 2.75) is 98.3 Å². The highest BCUT2D eigenvalue weighted by Crippen LogP contribution is 2.37. The van der Waals surface area contributed by atoms with E-state index in [1.165, 1.54) is 12.2 Å². The SMILES string of the molecule is CC(C)(CO)CCCC1=CC(=O)CC(CCCC2=CC(=O)CC(CCCC(C)(C)CO)=S2[O-])=S1[O-]. The zero-order valence-corrected chi connectivity index (χ0v) is 23.3. The quantitative estimate of drug-likeness (QED) is 0.293. The summed E-state index contributed by atoms with van der Waals surface area (Å²) in [5.41, 5.74) is -0.384. The predicted octanol–water partition coefficient (Wildman–Crippen LogP) is 5.39. The monoisotopic (exact) mass is 526 g/mol. The summed E-state index contributed by atoms with van der Waals surface area (Å²) >= 11 is 0. The Kier molecular flexibility index (Phi) is 11.8. The third-order valence-corrected chi connectivity index (χ3v) is 10.1. The minimum Gasteiger partial charge on any atom is -0.799 e. The number of rotatable bonds is 14. The highest BCUT2D eigenvalue weighted by molar-refractivity contribution is 8.14. The molecule has 0 saturated heterocycles. The molecule has 200 valence electrons. The summed E-state index contributed by atoms with van der Waals surface area (Å²) in [7, 11) is -2.60. The van der Waals surface area contributed by atoms with Gasteiger partial charge in [-0.25, -0.2) is 21.5 Å². The molecule has 0 amide bonds. The van der Waals surface area contributed by atoms with Crippen LogP contribution in [0.1, 0.15) is 98.3 Å². The molecule has 2 rings (SSSR count). The summed E-state index contributed by atoms with van der Waals surface area (Å²) in [4.78, 5) is 27.2. The van der Waals surface area contributed by atoms with Gasteiger partial charge >= 0.3 is 0 Å². The normalized spacial score (nSPS) is 21.9. The first-order chi connectivity index (χ1) is 16.4. The van der Waals surface area contributed by atoms with E-state index in [9.17, 15) is 28.9 Å². The topological polar surface area (TPSA) is 121 Å². The van der Waals surface area contributed by atoms with Gasteiger partial charge in [0.25, 0.3) is 0 Å². The molecule has 0 bridgehead atoms. The molecule has 0 radical (unpaired) electrons. The van der Waals surface area contributed by atoms with Crippen LogP contribution in [-0.4, -0.2) is 53.8 Å². The second-order valence-electron chi connectivity index (χ2n) is 11.3. The van der Waals surface area contributed by atoms with Crippen LogP contribution < -0.4 is 0 Å². The maximum atomic E-state index is 13.0. The van der Waals surface area contributed by atoms with Crippen molar-refractivity contribution in [2.75, 3.05) is 13.2 Å². The molecule has 2 unspecified atom stereocenters. The third-order valence-electron chi connectivity index (χ3n) is 6.71. The Morgan fingerprint density at radius 1 is 0.714 bits per heavy atom. The molecular formula is C27H42O6S2-2. The van der Waals surface area contributed by atoms with Gasteiger partial charge in [-0.1, -0.05) is 27.7 Å². The second kappa shape index (κ2) is 13.6. The Morgan fingerprint density at radius 3 is 1.51 bits per heavy atom. The van der Waals surface area contributed by atoms with E-state index in [-0.39, 0.29) is 48.5 Å². The van der Waals surface area contributed by atoms with Gasteiger partial charge in [0.2, 0.25) is 0 Å². The summed E-state index contributed by atoms with van der Waals surface area (Å²) in [6, 6.07) is 0. The van der Waals surface area contributed by atoms with Crippen LogP contribution in [0.3, 0.4) is 0 Å². The molecule has 35 heavy (non-hydrogen) atoms.